The maximum atomic E-state index is 9.27. The van der Waals surface area contributed by atoms with Crippen molar-refractivity contribution in [3.8, 4) is 5.75 Å². The number of likely N-dealkylation sites (tertiary alicyclic amines) is 1. The van der Waals surface area contributed by atoms with Crippen LogP contribution in [0.5, 0.6) is 5.75 Å². The van der Waals surface area contributed by atoms with E-state index in [9.17, 15) is 5.11 Å². The number of aliphatic hydroxyl groups excluding tert-OH is 2. The quantitative estimate of drug-likeness (QED) is 0.816. The van der Waals surface area contributed by atoms with Gasteiger partial charge in [0.25, 0.3) is 0 Å². The molecule has 2 N–H and O–H groups in total. The van der Waals surface area contributed by atoms with Gasteiger partial charge in [0, 0.05) is 6.54 Å². The summed E-state index contributed by atoms with van der Waals surface area (Å²) >= 11 is 0. The Labute approximate surface area is 114 Å². The molecule has 1 atom stereocenters. The largest absolute Gasteiger partial charge is 0.491 e. The fourth-order valence-electron chi connectivity index (χ4n) is 2.35. The van der Waals surface area contributed by atoms with Gasteiger partial charge in [-0.15, -0.1) is 0 Å². The Balaban J connectivity index is 1.87. The van der Waals surface area contributed by atoms with Crippen molar-refractivity contribution in [2.24, 2.45) is 0 Å². The lowest BCUT2D eigenvalue weighted by Crippen LogP contribution is -2.29. The molecule has 0 aliphatic carbocycles. The molecule has 0 bridgehead atoms. The van der Waals surface area contributed by atoms with Crippen molar-refractivity contribution in [2.75, 3.05) is 26.3 Å². The first-order valence-electron chi connectivity index (χ1n) is 7.01. The molecule has 1 unspecified atom stereocenters. The molecule has 1 fully saturated rings. The van der Waals surface area contributed by atoms with E-state index >= 15 is 0 Å². The fourth-order valence-corrected chi connectivity index (χ4v) is 2.35. The van der Waals surface area contributed by atoms with Crippen LogP contribution in [0.15, 0.2) is 24.3 Å². The number of benzene rings is 1. The molecule has 106 valence electrons. The summed E-state index contributed by atoms with van der Waals surface area (Å²) < 4.78 is 5.46. The van der Waals surface area contributed by atoms with Crippen LogP contribution in [0.25, 0.3) is 0 Å². The molecule has 1 aromatic carbocycles. The average Bonchev–Trinajstić information content (AvgIpc) is 2.46. The van der Waals surface area contributed by atoms with Crippen molar-refractivity contribution in [3.05, 3.63) is 29.8 Å². The molecule has 0 radical (unpaired) electrons. The number of piperidine rings is 1. The smallest absolute Gasteiger partial charge is 0.119 e. The first-order chi connectivity index (χ1) is 9.28. The van der Waals surface area contributed by atoms with E-state index in [0.717, 1.165) is 12.3 Å². The van der Waals surface area contributed by atoms with E-state index in [0.29, 0.717) is 0 Å². The van der Waals surface area contributed by atoms with Gasteiger partial charge >= 0.3 is 0 Å². The Morgan fingerprint density at radius 3 is 2.74 bits per heavy atom. The summed E-state index contributed by atoms with van der Waals surface area (Å²) in [7, 11) is 0. The van der Waals surface area contributed by atoms with Crippen molar-refractivity contribution in [1.29, 1.82) is 0 Å². The highest BCUT2D eigenvalue weighted by atomic mass is 16.5. The Kier molecular flexibility index (Phi) is 5.63. The van der Waals surface area contributed by atoms with Crippen molar-refractivity contribution in [3.63, 3.8) is 0 Å². The molecule has 1 heterocycles. The minimum absolute atomic E-state index is 0.129. The Morgan fingerprint density at radius 1 is 1.21 bits per heavy atom. The number of hydrogen-bond donors (Lipinski definition) is 2. The summed E-state index contributed by atoms with van der Waals surface area (Å²) in [4.78, 5) is 2.46. The van der Waals surface area contributed by atoms with Gasteiger partial charge in [-0.3, -0.25) is 4.90 Å². The molecule has 1 aliphatic rings. The van der Waals surface area contributed by atoms with Crippen LogP contribution >= 0.6 is 0 Å². The van der Waals surface area contributed by atoms with Crippen LogP contribution in [0.1, 0.15) is 24.8 Å². The van der Waals surface area contributed by atoms with Crippen molar-refractivity contribution in [1.82, 2.24) is 4.90 Å². The molecule has 0 spiro atoms. The third kappa shape index (κ3) is 4.82. The lowest BCUT2D eigenvalue weighted by Gasteiger charge is -2.26. The number of ether oxygens (including phenoxy) is 1. The minimum Gasteiger partial charge on any atom is -0.491 e. The Bertz CT molecular complexity index is 377. The van der Waals surface area contributed by atoms with E-state index in [2.05, 4.69) is 11.0 Å². The number of hydrogen-bond acceptors (Lipinski definition) is 4. The van der Waals surface area contributed by atoms with Gasteiger partial charge in [-0.25, -0.2) is 0 Å². The Hall–Kier alpha value is -1.10. The number of nitrogens with zero attached hydrogens (tertiary/aromatic N) is 1. The fraction of sp³-hybridized carbons (Fsp3) is 0.600. The van der Waals surface area contributed by atoms with E-state index in [1.807, 2.05) is 18.2 Å². The zero-order chi connectivity index (χ0) is 13.5. The summed E-state index contributed by atoms with van der Waals surface area (Å²) in [5.74, 6) is 0.752. The summed E-state index contributed by atoms with van der Waals surface area (Å²) in [5, 5.41) is 18.0. The minimum atomic E-state index is -0.814. The molecule has 0 amide bonds. The molecule has 0 aromatic heterocycles. The third-order valence-electron chi connectivity index (χ3n) is 3.41. The SMILES string of the molecule is OCC(O)COc1cccc(CN2CCCCC2)c1. The van der Waals surface area contributed by atoms with Crippen molar-refractivity contribution in [2.45, 2.75) is 31.9 Å². The molecular weight excluding hydrogens is 242 g/mol. The van der Waals surface area contributed by atoms with Gasteiger partial charge in [-0.2, -0.15) is 0 Å². The van der Waals surface area contributed by atoms with Crippen LogP contribution < -0.4 is 4.74 Å². The predicted molar refractivity (Wildman–Crippen MR) is 74.2 cm³/mol. The Morgan fingerprint density at radius 2 is 2.00 bits per heavy atom. The van der Waals surface area contributed by atoms with Gasteiger partial charge in [-0.05, 0) is 43.6 Å². The zero-order valence-corrected chi connectivity index (χ0v) is 11.3. The average molecular weight is 265 g/mol. The lowest BCUT2D eigenvalue weighted by atomic mass is 10.1. The van der Waals surface area contributed by atoms with Crippen LogP contribution in [-0.2, 0) is 6.54 Å². The molecule has 19 heavy (non-hydrogen) atoms. The third-order valence-corrected chi connectivity index (χ3v) is 3.41. The second-order valence-electron chi connectivity index (χ2n) is 5.13. The molecule has 0 saturated carbocycles. The van der Waals surface area contributed by atoms with E-state index in [4.69, 9.17) is 9.84 Å². The van der Waals surface area contributed by atoms with Crippen LogP contribution in [0.3, 0.4) is 0 Å². The van der Waals surface area contributed by atoms with Crippen molar-refractivity contribution < 1.29 is 14.9 Å². The summed E-state index contributed by atoms with van der Waals surface area (Å²) in [5.41, 5.74) is 1.23. The number of rotatable bonds is 6. The van der Waals surface area contributed by atoms with E-state index in [-0.39, 0.29) is 13.2 Å². The van der Waals surface area contributed by atoms with Crippen LogP contribution in [0.2, 0.25) is 0 Å². The van der Waals surface area contributed by atoms with Gasteiger partial charge in [-0.1, -0.05) is 18.6 Å². The monoisotopic (exact) mass is 265 g/mol. The van der Waals surface area contributed by atoms with Gasteiger partial charge in [0.05, 0.1) is 6.61 Å². The van der Waals surface area contributed by atoms with Gasteiger partial charge in [0.1, 0.15) is 18.5 Å². The number of aliphatic hydroxyl groups is 2. The van der Waals surface area contributed by atoms with Crippen LogP contribution in [0.4, 0.5) is 0 Å². The molecular formula is C15H23NO3. The van der Waals surface area contributed by atoms with Gasteiger partial charge in [0.2, 0.25) is 0 Å². The standard InChI is InChI=1S/C15H23NO3/c17-11-14(18)12-19-15-6-4-5-13(9-15)10-16-7-2-1-3-8-16/h4-6,9,14,17-18H,1-3,7-8,10-12H2. The second-order valence-corrected chi connectivity index (χ2v) is 5.13. The molecule has 1 aliphatic heterocycles. The van der Waals surface area contributed by atoms with Crippen LogP contribution in [0, 0.1) is 0 Å². The lowest BCUT2D eigenvalue weighted by molar-refractivity contribution is 0.0535. The normalized spacial score (nSPS) is 18.2. The first-order valence-corrected chi connectivity index (χ1v) is 7.01. The highest BCUT2D eigenvalue weighted by Crippen LogP contribution is 2.17. The van der Waals surface area contributed by atoms with Crippen LogP contribution in [-0.4, -0.2) is 47.5 Å². The zero-order valence-electron chi connectivity index (χ0n) is 11.3. The summed E-state index contributed by atoms with van der Waals surface area (Å²) in [6, 6.07) is 7.96. The van der Waals surface area contributed by atoms with E-state index in [1.165, 1.54) is 37.9 Å². The highest BCUT2D eigenvalue weighted by molar-refractivity contribution is 5.28. The molecule has 4 heteroatoms. The second kappa shape index (κ2) is 7.48. The van der Waals surface area contributed by atoms with Crippen molar-refractivity contribution >= 4 is 0 Å². The summed E-state index contributed by atoms with van der Waals surface area (Å²) in [6.45, 7) is 3.17. The topological polar surface area (TPSA) is 52.9 Å². The maximum absolute atomic E-state index is 9.27. The molecule has 2 rings (SSSR count). The van der Waals surface area contributed by atoms with E-state index in [1.54, 1.807) is 0 Å². The molecule has 4 nitrogen and oxygen atoms in total. The maximum Gasteiger partial charge on any atom is 0.119 e. The predicted octanol–water partition coefficient (Wildman–Crippen LogP) is 1.40. The first kappa shape index (κ1) is 14.3. The summed E-state index contributed by atoms with van der Waals surface area (Å²) in [6.07, 6.45) is 3.11. The van der Waals surface area contributed by atoms with Gasteiger partial charge < -0.3 is 14.9 Å². The van der Waals surface area contributed by atoms with Gasteiger partial charge in [0.15, 0.2) is 0 Å². The molecule has 1 aromatic rings. The molecule has 1 saturated heterocycles. The highest BCUT2D eigenvalue weighted by Gasteiger charge is 2.11. The van der Waals surface area contributed by atoms with E-state index < -0.39 is 6.10 Å².